The van der Waals surface area contributed by atoms with Gasteiger partial charge in [-0.25, -0.2) is 4.79 Å². The van der Waals surface area contributed by atoms with Gasteiger partial charge in [0.1, 0.15) is 0 Å². The highest BCUT2D eigenvalue weighted by Gasteiger charge is 2.38. The van der Waals surface area contributed by atoms with E-state index in [1.165, 1.54) is 28.8 Å². The molecule has 176 valence electrons. The number of carboxylic acid groups (broad SMARTS) is 1. The monoisotopic (exact) mass is 464 g/mol. The second kappa shape index (κ2) is 8.93. The maximum atomic E-state index is 10.6. The first kappa shape index (κ1) is 22.9. The van der Waals surface area contributed by atoms with Crippen LogP contribution in [0.1, 0.15) is 41.4 Å². The van der Waals surface area contributed by atoms with E-state index >= 15 is 0 Å². The number of H-pyrrole nitrogens is 1. The molecule has 2 aliphatic rings. The van der Waals surface area contributed by atoms with Crippen LogP contribution in [0.15, 0.2) is 10.7 Å². The van der Waals surface area contributed by atoms with Crippen molar-refractivity contribution in [2.24, 2.45) is 5.92 Å². The Morgan fingerprint density at radius 3 is 2.76 bits per heavy atom. The molecule has 0 amide bonds. The predicted octanol–water partition coefficient (Wildman–Crippen LogP) is 3.23. The molecule has 4 heterocycles. The molecule has 5 rings (SSSR count). The van der Waals surface area contributed by atoms with Crippen LogP contribution >= 0.6 is 0 Å². The standard InChI is InChI=1S/C19H22N6O.C2HF3O2/c1-10-3-4-15-14(7-10)17(24-23-15)19-22-18(25-26-19)16-11(2)21-9-12-8-20-6-5-13(12)16;3-2(4,5)1(6)7/h9-10,20H,3-8H2,1-2H3,(H,23,24);(H,6,7). The van der Waals surface area contributed by atoms with Crippen molar-refractivity contribution in [1.29, 1.82) is 0 Å². The number of hydrogen-bond donors (Lipinski definition) is 3. The minimum absolute atomic E-state index is 0.498. The molecular weight excluding hydrogens is 441 g/mol. The smallest absolute Gasteiger partial charge is 0.475 e. The first-order valence-corrected chi connectivity index (χ1v) is 10.5. The predicted molar refractivity (Wildman–Crippen MR) is 110 cm³/mol. The summed E-state index contributed by atoms with van der Waals surface area (Å²) in [7, 11) is 0. The summed E-state index contributed by atoms with van der Waals surface area (Å²) in [5, 5.41) is 22.4. The van der Waals surface area contributed by atoms with Crippen LogP contribution < -0.4 is 5.32 Å². The Morgan fingerprint density at radius 2 is 2.03 bits per heavy atom. The van der Waals surface area contributed by atoms with Crippen molar-refractivity contribution >= 4 is 5.97 Å². The van der Waals surface area contributed by atoms with E-state index in [9.17, 15) is 13.2 Å². The summed E-state index contributed by atoms with van der Waals surface area (Å²) >= 11 is 0. The van der Waals surface area contributed by atoms with Gasteiger partial charge in [-0.15, -0.1) is 0 Å². The van der Waals surface area contributed by atoms with Gasteiger partial charge in [0.15, 0.2) is 5.69 Å². The van der Waals surface area contributed by atoms with Crippen molar-refractivity contribution in [2.45, 2.75) is 52.3 Å². The number of carboxylic acids is 1. The van der Waals surface area contributed by atoms with Crippen LogP contribution in [0.4, 0.5) is 13.2 Å². The molecule has 0 saturated heterocycles. The second-order valence-corrected chi connectivity index (χ2v) is 8.25. The molecule has 1 unspecified atom stereocenters. The van der Waals surface area contributed by atoms with Gasteiger partial charge in [0.2, 0.25) is 5.82 Å². The van der Waals surface area contributed by atoms with Gasteiger partial charge < -0.3 is 14.9 Å². The van der Waals surface area contributed by atoms with Crippen LogP contribution in [0.2, 0.25) is 0 Å². The normalized spacial score (nSPS) is 17.5. The largest absolute Gasteiger partial charge is 0.490 e. The average molecular weight is 464 g/mol. The molecule has 0 spiro atoms. The summed E-state index contributed by atoms with van der Waals surface area (Å²) in [5.74, 6) is -0.990. The van der Waals surface area contributed by atoms with Gasteiger partial charge in [-0.1, -0.05) is 12.1 Å². The van der Waals surface area contributed by atoms with E-state index in [4.69, 9.17) is 19.4 Å². The lowest BCUT2D eigenvalue weighted by Gasteiger charge is -2.19. The molecule has 3 aromatic heterocycles. The van der Waals surface area contributed by atoms with Crippen LogP contribution in [-0.4, -0.2) is 49.1 Å². The fourth-order valence-corrected chi connectivity index (χ4v) is 4.13. The number of aryl methyl sites for hydroxylation is 2. The molecule has 1 aliphatic heterocycles. The number of halogens is 3. The molecule has 1 aliphatic carbocycles. The van der Waals surface area contributed by atoms with E-state index in [2.05, 4.69) is 32.6 Å². The number of hydrogen-bond acceptors (Lipinski definition) is 7. The number of nitrogens with one attached hydrogen (secondary N) is 2. The molecule has 0 bridgehead atoms. The van der Waals surface area contributed by atoms with Crippen LogP contribution in [0.3, 0.4) is 0 Å². The minimum Gasteiger partial charge on any atom is -0.475 e. The van der Waals surface area contributed by atoms with Gasteiger partial charge in [-0.2, -0.15) is 23.3 Å². The van der Waals surface area contributed by atoms with Crippen molar-refractivity contribution in [3.8, 4) is 23.0 Å². The summed E-state index contributed by atoms with van der Waals surface area (Å²) in [6.45, 7) is 6.08. The van der Waals surface area contributed by atoms with E-state index in [0.29, 0.717) is 17.6 Å². The van der Waals surface area contributed by atoms with Crippen molar-refractivity contribution in [3.63, 3.8) is 0 Å². The Kier molecular flexibility index (Phi) is 6.19. The zero-order chi connectivity index (χ0) is 23.8. The summed E-state index contributed by atoms with van der Waals surface area (Å²) < 4.78 is 37.4. The Balaban J connectivity index is 0.000000325. The molecule has 0 aromatic carbocycles. The molecular formula is C21H23F3N6O3. The van der Waals surface area contributed by atoms with Gasteiger partial charge >= 0.3 is 12.1 Å². The Morgan fingerprint density at radius 1 is 1.27 bits per heavy atom. The number of fused-ring (bicyclic) bond motifs is 2. The van der Waals surface area contributed by atoms with Crippen LogP contribution in [0, 0.1) is 12.8 Å². The molecule has 1 atom stereocenters. The Hall–Kier alpha value is -3.28. The van der Waals surface area contributed by atoms with E-state index < -0.39 is 12.1 Å². The van der Waals surface area contributed by atoms with Crippen LogP contribution in [-0.2, 0) is 30.6 Å². The quantitative estimate of drug-likeness (QED) is 0.527. The van der Waals surface area contributed by atoms with Gasteiger partial charge in [0.25, 0.3) is 5.89 Å². The Bertz CT molecular complexity index is 1170. The van der Waals surface area contributed by atoms with Crippen molar-refractivity contribution < 1.29 is 27.6 Å². The van der Waals surface area contributed by atoms with Crippen LogP contribution in [0.5, 0.6) is 0 Å². The number of pyridine rings is 1. The highest BCUT2D eigenvalue weighted by atomic mass is 19.4. The lowest BCUT2D eigenvalue weighted by Crippen LogP contribution is -2.24. The number of aliphatic carboxylic acids is 1. The summed E-state index contributed by atoms with van der Waals surface area (Å²) in [5.41, 5.74) is 7.69. The second-order valence-electron chi connectivity index (χ2n) is 8.25. The number of nitrogens with zero attached hydrogens (tertiary/aromatic N) is 4. The summed E-state index contributed by atoms with van der Waals surface area (Å²) in [6, 6.07) is 0. The molecule has 0 radical (unpaired) electrons. The lowest BCUT2D eigenvalue weighted by atomic mass is 9.88. The first-order chi connectivity index (χ1) is 15.6. The number of rotatable bonds is 2. The number of alkyl halides is 3. The van der Waals surface area contributed by atoms with E-state index in [1.54, 1.807) is 0 Å². The molecule has 33 heavy (non-hydrogen) atoms. The highest BCUT2D eigenvalue weighted by Crippen LogP contribution is 2.34. The number of aromatic amines is 1. The third kappa shape index (κ3) is 4.75. The topological polar surface area (TPSA) is 130 Å². The van der Waals surface area contributed by atoms with Gasteiger partial charge in [-0.05, 0) is 56.2 Å². The fraction of sp³-hybridized carbons (Fsp3) is 0.476. The van der Waals surface area contributed by atoms with Crippen molar-refractivity contribution in [2.75, 3.05) is 6.54 Å². The van der Waals surface area contributed by atoms with E-state index in [-0.39, 0.29) is 0 Å². The fourth-order valence-electron chi connectivity index (χ4n) is 4.13. The van der Waals surface area contributed by atoms with Crippen molar-refractivity contribution in [1.82, 2.24) is 30.6 Å². The third-order valence-corrected chi connectivity index (χ3v) is 5.82. The summed E-state index contributed by atoms with van der Waals surface area (Å²) in [4.78, 5) is 18.1. The molecule has 0 fully saturated rings. The Labute approximate surface area is 186 Å². The zero-order valence-electron chi connectivity index (χ0n) is 18.1. The molecule has 0 saturated carbocycles. The van der Waals surface area contributed by atoms with Gasteiger partial charge in [-0.3, -0.25) is 10.1 Å². The van der Waals surface area contributed by atoms with Gasteiger partial charge in [0.05, 0.1) is 0 Å². The molecule has 3 aromatic rings. The minimum atomic E-state index is -5.08. The summed E-state index contributed by atoms with van der Waals surface area (Å²) in [6.07, 6.45) is 1.05. The van der Waals surface area contributed by atoms with E-state index in [1.807, 2.05) is 13.1 Å². The maximum absolute atomic E-state index is 10.6. The third-order valence-electron chi connectivity index (χ3n) is 5.82. The highest BCUT2D eigenvalue weighted by molar-refractivity contribution is 5.73. The average Bonchev–Trinajstić information content (AvgIpc) is 3.40. The van der Waals surface area contributed by atoms with Gasteiger partial charge in [0, 0.05) is 35.3 Å². The van der Waals surface area contributed by atoms with Crippen LogP contribution in [0.25, 0.3) is 23.0 Å². The first-order valence-electron chi connectivity index (χ1n) is 10.5. The molecule has 9 nitrogen and oxygen atoms in total. The molecule has 3 N–H and O–H groups in total. The SMILES string of the molecule is Cc1ncc2c(c1-c1noc(-c3n[nH]c4c3CC(C)CC4)n1)CCNC2.O=C(O)C(F)(F)F. The maximum Gasteiger partial charge on any atom is 0.490 e. The number of carbonyl (C=O) groups is 1. The van der Waals surface area contributed by atoms with E-state index in [0.717, 1.165) is 49.3 Å². The number of aromatic nitrogens is 5. The van der Waals surface area contributed by atoms with Crippen molar-refractivity contribution in [3.05, 3.63) is 34.3 Å². The lowest BCUT2D eigenvalue weighted by molar-refractivity contribution is -0.192. The molecule has 12 heteroatoms. The zero-order valence-corrected chi connectivity index (χ0v) is 18.1.